The van der Waals surface area contributed by atoms with Crippen molar-refractivity contribution < 1.29 is 0 Å². The van der Waals surface area contributed by atoms with E-state index in [1.54, 1.807) is 0 Å². The number of hydrogen-bond donors (Lipinski definition) is 1. The van der Waals surface area contributed by atoms with Crippen molar-refractivity contribution in [2.24, 2.45) is 0 Å². The van der Waals surface area contributed by atoms with Gasteiger partial charge in [0.25, 0.3) is 0 Å². The van der Waals surface area contributed by atoms with Crippen LogP contribution in [0.1, 0.15) is 56.2 Å². The Bertz CT molecular complexity index is 827. The first-order valence-corrected chi connectivity index (χ1v) is 9.38. The number of rotatable bonds is 6. The summed E-state index contributed by atoms with van der Waals surface area (Å²) in [6, 6.07) is 12.3. The van der Waals surface area contributed by atoms with Crippen LogP contribution in [-0.2, 0) is 0 Å². The van der Waals surface area contributed by atoms with Crippen molar-refractivity contribution in [3.63, 3.8) is 0 Å². The Morgan fingerprint density at radius 2 is 1.76 bits per heavy atom. The molecule has 0 fully saturated rings. The smallest absolute Gasteiger partial charge is 0.143 e. The van der Waals surface area contributed by atoms with Crippen molar-refractivity contribution in [2.45, 2.75) is 44.6 Å². The number of nitrogen functional groups attached to an aromatic ring is 1. The highest BCUT2D eigenvalue weighted by Gasteiger charge is 2.20. The molecule has 0 atom stereocenters. The van der Waals surface area contributed by atoms with Crippen LogP contribution in [0.3, 0.4) is 0 Å². The topological polar surface area (TPSA) is 86.5 Å². The van der Waals surface area contributed by atoms with Gasteiger partial charge in [-0.1, -0.05) is 51.5 Å². The molecule has 0 saturated carbocycles. The Balaban J connectivity index is 2.61. The van der Waals surface area contributed by atoms with Crippen LogP contribution in [0.15, 0.2) is 29.3 Å². The second-order valence-electron chi connectivity index (χ2n) is 6.13. The number of nitrogens with zero attached hydrogens (tertiary/aromatic N) is 3. The third kappa shape index (κ3) is 4.13. The third-order valence-electron chi connectivity index (χ3n) is 4.02. The molecule has 2 N–H and O–H groups in total. The van der Waals surface area contributed by atoms with Crippen LogP contribution in [0.4, 0.5) is 5.82 Å². The molecule has 0 amide bonds. The van der Waals surface area contributed by atoms with Gasteiger partial charge in [-0.05, 0) is 29.2 Å². The van der Waals surface area contributed by atoms with Crippen molar-refractivity contribution in [2.75, 3.05) is 11.5 Å². The quantitative estimate of drug-likeness (QED) is 0.579. The number of nitrogens with two attached hydrogens (primary N) is 1. The number of hydrogen-bond acceptors (Lipinski definition) is 5. The Kier molecular flexibility index (Phi) is 6.44. The van der Waals surface area contributed by atoms with E-state index >= 15 is 0 Å². The molecular formula is C20H22N4S. The van der Waals surface area contributed by atoms with Gasteiger partial charge in [-0.15, -0.1) is 11.8 Å². The molecule has 5 heteroatoms. The Morgan fingerprint density at radius 1 is 1.12 bits per heavy atom. The lowest BCUT2D eigenvalue weighted by atomic mass is 9.94. The Labute approximate surface area is 153 Å². The van der Waals surface area contributed by atoms with Gasteiger partial charge in [0.2, 0.25) is 0 Å². The summed E-state index contributed by atoms with van der Waals surface area (Å²) in [6.07, 6.45) is 2.11. The molecule has 1 aromatic heterocycles. The number of benzene rings is 1. The van der Waals surface area contributed by atoms with Gasteiger partial charge in [0.15, 0.2) is 0 Å². The number of aromatic nitrogens is 1. The first kappa shape index (κ1) is 18.8. The largest absolute Gasteiger partial charge is 0.383 e. The van der Waals surface area contributed by atoms with Gasteiger partial charge in [0.1, 0.15) is 28.5 Å². The molecule has 0 aliphatic rings. The van der Waals surface area contributed by atoms with Crippen molar-refractivity contribution in [3.05, 3.63) is 41.0 Å². The lowest BCUT2D eigenvalue weighted by Crippen LogP contribution is -2.03. The summed E-state index contributed by atoms with van der Waals surface area (Å²) in [5, 5.41) is 19.9. The summed E-state index contributed by atoms with van der Waals surface area (Å²) in [4.78, 5) is 4.31. The summed E-state index contributed by atoms with van der Waals surface area (Å²) in [6.45, 7) is 6.38. The molecule has 0 unspecified atom stereocenters. The van der Waals surface area contributed by atoms with Crippen molar-refractivity contribution in [3.8, 4) is 23.3 Å². The van der Waals surface area contributed by atoms with Crippen LogP contribution in [0.25, 0.3) is 11.1 Å². The van der Waals surface area contributed by atoms with Gasteiger partial charge >= 0.3 is 0 Å². The van der Waals surface area contributed by atoms with Crippen LogP contribution in [0.5, 0.6) is 0 Å². The maximum absolute atomic E-state index is 9.72. The fourth-order valence-corrected chi connectivity index (χ4v) is 3.62. The van der Waals surface area contributed by atoms with Crippen molar-refractivity contribution in [1.82, 2.24) is 4.98 Å². The first-order valence-electron chi connectivity index (χ1n) is 8.40. The molecule has 0 spiro atoms. The molecule has 1 aromatic carbocycles. The maximum Gasteiger partial charge on any atom is 0.143 e. The van der Waals surface area contributed by atoms with Crippen LogP contribution >= 0.6 is 11.8 Å². The fourth-order valence-electron chi connectivity index (χ4n) is 2.54. The minimum Gasteiger partial charge on any atom is -0.383 e. The van der Waals surface area contributed by atoms with Gasteiger partial charge in [-0.2, -0.15) is 10.5 Å². The number of nitriles is 2. The van der Waals surface area contributed by atoms with Crippen LogP contribution in [0.2, 0.25) is 0 Å². The van der Waals surface area contributed by atoms with Gasteiger partial charge in [0.05, 0.1) is 5.56 Å². The van der Waals surface area contributed by atoms with E-state index in [2.05, 4.69) is 37.9 Å². The predicted molar refractivity (Wildman–Crippen MR) is 103 cm³/mol. The summed E-state index contributed by atoms with van der Waals surface area (Å²) in [5.41, 5.74) is 9.35. The van der Waals surface area contributed by atoms with E-state index in [1.807, 2.05) is 24.3 Å². The first-order chi connectivity index (χ1) is 12.0. The number of anilines is 1. The molecule has 0 saturated heterocycles. The second kappa shape index (κ2) is 8.55. The maximum atomic E-state index is 9.72. The van der Waals surface area contributed by atoms with E-state index < -0.39 is 0 Å². The highest BCUT2D eigenvalue weighted by molar-refractivity contribution is 7.99. The van der Waals surface area contributed by atoms with Gasteiger partial charge in [-0.3, -0.25) is 0 Å². The van der Waals surface area contributed by atoms with Crippen molar-refractivity contribution in [1.29, 1.82) is 10.5 Å². The van der Waals surface area contributed by atoms with Crippen LogP contribution in [0, 0.1) is 22.7 Å². The molecule has 2 aromatic rings. The van der Waals surface area contributed by atoms with E-state index in [0.29, 0.717) is 22.1 Å². The lowest BCUT2D eigenvalue weighted by molar-refractivity contribution is 0.867. The van der Waals surface area contributed by atoms with E-state index in [9.17, 15) is 10.5 Å². The highest BCUT2D eigenvalue weighted by Crippen LogP contribution is 2.36. The van der Waals surface area contributed by atoms with Gasteiger partial charge in [0, 0.05) is 5.56 Å². The summed E-state index contributed by atoms with van der Waals surface area (Å²) >= 11 is 1.52. The molecule has 0 radical (unpaired) electrons. The minimum absolute atomic E-state index is 0.184. The molecular weight excluding hydrogens is 328 g/mol. The average molecular weight is 350 g/mol. The highest BCUT2D eigenvalue weighted by atomic mass is 32.2. The molecule has 2 rings (SSSR count). The summed E-state index contributed by atoms with van der Waals surface area (Å²) in [7, 11) is 0. The number of unbranched alkanes of at least 4 members (excludes halogenated alkanes) is 1. The van der Waals surface area contributed by atoms with E-state index in [-0.39, 0.29) is 11.4 Å². The SMILES string of the molecule is CCCCSc1nc(N)c(C#N)c(-c2ccc(C(C)C)cc2)c1C#N. The zero-order valence-electron chi connectivity index (χ0n) is 14.8. The zero-order chi connectivity index (χ0) is 18.4. The third-order valence-corrected chi connectivity index (χ3v) is 5.08. The molecule has 0 bridgehead atoms. The fraction of sp³-hybridized carbons (Fsp3) is 0.350. The Hall–Kier alpha value is -2.50. The van der Waals surface area contributed by atoms with E-state index in [1.165, 1.54) is 17.3 Å². The predicted octanol–water partition coefficient (Wildman–Crippen LogP) is 5.09. The molecule has 1 heterocycles. The standard InChI is InChI=1S/C20H22N4S/c1-4-5-10-25-20-17(12-22)18(16(11-21)19(23)24-20)15-8-6-14(7-9-15)13(2)3/h6-9,13H,4-5,10H2,1-3H3,(H2,23,24). The van der Waals surface area contributed by atoms with Gasteiger partial charge < -0.3 is 5.73 Å². The molecule has 0 aliphatic heterocycles. The molecule has 25 heavy (non-hydrogen) atoms. The molecule has 4 nitrogen and oxygen atoms in total. The summed E-state index contributed by atoms with van der Waals surface area (Å²) in [5.74, 6) is 1.47. The van der Waals surface area contributed by atoms with Crippen LogP contribution < -0.4 is 5.73 Å². The molecule has 0 aliphatic carbocycles. The normalized spacial score (nSPS) is 10.5. The monoisotopic (exact) mass is 350 g/mol. The van der Waals surface area contributed by atoms with Crippen molar-refractivity contribution >= 4 is 17.6 Å². The van der Waals surface area contributed by atoms with E-state index in [4.69, 9.17) is 5.73 Å². The zero-order valence-corrected chi connectivity index (χ0v) is 15.7. The summed E-state index contributed by atoms with van der Waals surface area (Å²) < 4.78 is 0. The number of pyridine rings is 1. The van der Waals surface area contributed by atoms with E-state index in [0.717, 1.165) is 24.2 Å². The van der Waals surface area contributed by atoms with Gasteiger partial charge in [-0.25, -0.2) is 4.98 Å². The minimum atomic E-state index is 0.184. The lowest BCUT2D eigenvalue weighted by Gasteiger charge is -2.14. The second-order valence-corrected chi connectivity index (χ2v) is 7.21. The number of thioether (sulfide) groups is 1. The molecule has 128 valence electrons. The Morgan fingerprint density at radius 3 is 2.28 bits per heavy atom. The van der Waals surface area contributed by atoms with Crippen LogP contribution in [-0.4, -0.2) is 10.7 Å². The average Bonchev–Trinajstić information content (AvgIpc) is 2.61.